The van der Waals surface area contributed by atoms with Gasteiger partial charge in [0.2, 0.25) is 0 Å². The molecule has 8 heteroatoms. The number of nitrogens with zero attached hydrogens (tertiary/aromatic N) is 6. The molecule has 0 unspecified atom stereocenters. The smallest absolute Gasteiger partial charge is 0.191 e. The van der Waals surface area contributed by atoms with Gasteiger partial charge >= 0.3 is 0 Å². The molecule has 2 rings (SSSR count). The van der Waals surface area contributed by atoms with E-state index in [1.807, 2.05) is 18.5 Å². The van der Waals surface area contributed by atoms with Gasteiger partial charge in [0, 0.05) is 38.3 Å². The lowest BCUT2D eigenvalue weighted by Crippen LogP contribution is -2.40. The molecule has 0 aliphatic carbocycles. The molecule has 148 valence electrons. The summed E-state index contributed by atoms with van der Waals surface area (Å²) in [5.41, 5.74) is 3.29. The van der Waals surface area contributed by atoms with E-state index < -0.39 is 0 Å². The second-order valence-electron chi connectivity index (χ2n) is 6.77. The third-order valence-electron chi connectivity index (χ3n) is 4.11. The third-order valence-corrected chi connectivity index (χ3v) is 4.11. The third kappa shape index (κ3) is 6.88. The van der Waals surface area contributed by atoms with Crippen molar-refractivity contribution in [3.63, 3.8) is 0 Å². The number of rotatable bonds is 10. The molecular weight excluding hydrogens is 340 g/mol. The molecule has 0 fully saturated rings. The Kier molecular flexibility index (Phi) is 8.03. The van der Waals surface area contributed by atoms with Crippen LogP contribution >= 0.6 is 0 Å². The van der Waals surface area contributed by atoms with Crippen LogP contribution in [0.2, 0.25) is 0 Å². The topological polar surface area (TPSA) is 85.0 Å². The first-order valence-electron chi connectivity index (χ1n) is 9.54. The Balaban J connectivity index is 1.79. The van der Waals surface area contributed by atoms with E-state index in [0.717, 1.165) is 62.1 Å². The van der Waals surface area contributed by atoms with Crippen LogP contribution in [0.15, 0.2) is 29.5 Å². The van der Waals surface area contributed by atoms with E-state index in [1.54, 1.807) is 6.33 Å². The van der Waals surface area contributed by atoms with Crippen LogP contribution in [0, 0.1) is 13.8 Å². The quantitative estimate of drug-likeness (QED) is 0.288. The number of guanidine groups is 1. The summed E-state index contributed by atoms with van der Waals surface area (Å²) in [6.07, 6.45) is 3.62. The molecule has 0 atom stereocenters. The normalized spacial score (nSPS) is 11.6. The summed E-state index contributed by atoms with van der Waals surface area (Å²) < 4.78 is 4.11. The first-order valence-corrected chi connectivity index (χ1v) is 9.54. The Morgan fingerprint density at radius 2 is 2.00 bits per heavy atom. The molecular formula is C19H32N8. The number of hydrogen-bond donors (Lipinski definition) is 2. The van der Waals surface area contributed by atoms with E-state index in [1.165, 1.54) is 5.69 Å². The Morgan fingerprint density at radius 3 is 2.67 bits per heavy atom. The number of hydrogen-bond acceptors (Lipinski definition) is 4. The van der Waals surface area contributed by atoms with E-state index in [-0.39, 0.29) is 0 Å². The number of aromatic nitrogens is 5. The minimum Gasteiger partial charge on any atom is -0.356 e. The zero-order valence-electron chi connectivity index (χ0n) is 17.0. The lowest BCUT2D eigenvalue weighted by molar-refractivity contribution is 0.553. The minimum absolute atomic E-state index is 0.611. The molecule has 0 saturated carbocycles. The van der Waals surface area contributed by atoms with Crippen LogP contribution in [0.5, 0.6) is 0 Å². The first kappa shape index (κ1) is 20.7. The summed E-state index contributed by atoms with van der Waals surface area (Å²) >= 11 is 0. The Labute approximate surface area is 161 Å². The number of nitrogens with one attached hydrogen (secondary N) is 2. The van der Waals surface area contributed by atoms with E-state index in [2.05, 4.69) is 62.0 Å². The molecule has 2 aromatic rings. The van der Waals surface area contributed by atoms with Crippen LogP contribution in [0.4, 0.5) is 0 Å². The predicted molar refractivity (Wildman–Crippen MR) is 109 cm³/mol. The average molecular weight is 373 g/mol. The maximum atomic E-state index is 4.58. The standard InChI is InChI=1S/C19H32N8/c1-6-18-24-23-14-26(18)11-9-21-19(22-13-15(2)3)20-8-7-10-27-17(5)12-16(4)25-27/h12,14H,2,6-11,13H2,1,3-5H3,(H2,20,21,22). The first-order chi connectivity index (χ1) is 13.0. The molecule has 0 aromatic carbocycles. The molecule has 0 aliphatic heterocycles. The lowest BCUT2D eigenvalue weighted by atomic mass is 10.3. The Morgan fingerprint density at radius 1 is 1.22 bits per heavy atom. The van der Waals surface area contributed by atoms with Crippen LogP contribution in [-0.4, -0.2) is 50.1 Å². The highest BCUT2D eigenvalue weighted by Gasteiger charge is 2.04. The molecule has 2 N–H and O–H groups in total. The van der Waals surface area contributed by atoms with Gasteiger partial charge in [0.1, 0.15) is 12.2 Å². The van der Waals surface area contributed by atoms with Gasteiger partial charge in [-0.25, -0.2) is 4.99 Å². The summed E-state index contributed by atoms with van der Waals surface area (Å²) in [6, 6.07) is 2.10. The molecule has 0 saturated heterocycles. The van der Waals surface area contributed by atoms with Crippen LogP contribution < -0.4 is 10.6 Å². The van der Waals surface area contributed by atoms with Crippen molar-refractivity contribution in [3.8, 4) is 0 Å². The maximum absolute atomic E-state index is 4.58. The number of aryl methyl sites for hydroxylation is 4. The van der Waals surface area contributed by atoms with Crippen molar-refractivity contribution in [1.82, 2.24) is 35.2 Å². The molecule has 2 aromatic heterocycles. The van der Waals surface area contributed by atoms with Crippen molar-refractivity contribution in [2.45, 2.75) is 53.6 Å². The van der Waals surface area contributed by atoms with Crippen LogP contribution in [0.1, 0.15) is 37.5 Å². The maximum Gasteiger partial charge on any atom is 0.191 e. The van der Waals surface area contributed by atoms with E-state index >= 15 is 0 Å². The molecule has 0 amide bonds. The zero-order valence-corrected chi connectivity index (χ0v) is 17.0. The average Bonchev–Trinajstić information content (AvgIpc) is 3.21. The molecule has 0 aliphatic rings. The molecule has 2 heterocycles. The fourth-order valence-corrected chi connectivity index (χ4v) is 2.76. The summed E-state index contributed by atoms with van der Waals surface area (Å²) in [5.74, 6) is 1.80. The van der Waals surface area contributed by atoms with Crippen molar-refractivity contribution >= 4 is 5.96 Å². The van der Waals surface area contributed by atoms with Crippen molar-refractivity contribution in [2.24, 2.45) is 4.99 Å². The molecule has 27 heavy (non-hydrogen) atoms. The van der Waals surface area contributed by atoms with E-state index in [4.69, 9.17) is 0 Å². The van der Waals surface area contributed by atoms with Crippen LogP contribution in [0.25, 0.3) is 0 Å². The van der Waals surface area contributed by atoms with Crippen LogP contribution in [0.3, 0.4) is 0 Å². The monoisotopic (exact) mass is 372 g/mol. The zero-order chi connectivity index (χ0) is 19.6. The second-order valence-corrected chi connectivity index (χ2v) is 6.77. The van der Waals surface area contributed by atoms with Crippen molar-refractivity contribution < 1.29 is 0 Å². The number of aliphatic imine (C=N–C) groups is 1. The molecule has 8 nitrogen and oxygen atoms in total. The van der Waals surface area contributed by atoms with E-state index in [9.17, 15) is 0 Å². The van der Waals surface area contributed by atoms with E-state index in [0.29, 0.717) is 6.54 Å². The minimum atomic E-state index is 0.611. The summed E-state index contributed by atoms with van der Waals surface area (Å²) in [4.78, 5) is 4.58. The van der Waals surface area contributed by atoms with Crippen molar-refractivity contribution in [1.29, 1.82) is 0 Å². The summed E-state index contributed by atoms with van der Waals surface area (Å²) in [6.45, 7) is 16.0. The highest BCUT2D eigenvalue weighted by molar-refractivity contribution is 5.79. The lowest BCUT2D eigenvalue weighted by Gasteiger charge is -2.14. The fraction of sp³-hybridized carbons (Fsp3) is 0.579. The van der Waals surface area contributed by atoms with Crippen LogP contribution in [-0.2, 0) is 19.5 Å². The summed E-state index contributed by atoms with van der Waals surface area (Å²) in [7, 11) is 0. The molecule has 0 bridgehead atoms. The van der Waals surface area contributed by atoms with Gasteiger partial charge in [-0.15, -0.1) is 10.2 Å². The molecule has 0 radical (unpaired) electrons. The molecule has 0 spiro atoms. The Bertz CT molecular complexity index is 756. The predicted octanol–water partition coefficient (Wildman–Crippen LogP) is 1.86. The largest absolute Gasteiger partial charge is 0.356 e. The van der Waals surface area contributed by atoms with Crippen molar-refractivity contribution in [3.05, 3.63) is 41.8 Å². The SMILES string of the molecule is C=C(C)CN=C(NCCCn1nc(C)cc1C)NCCn1cnnc1CC. The van der Waals surface area contributed by atoms with Gasteiger partial charge in [0.15, 0.2) is 5.96 Å². The highest BCUT2D eigenvalue weighted by atomic mass is 15.3. The van der Waals surface area contributed by atoms with Gasteiger partial charge in [-0.1, -0.05) is 19.1 Å². The second kappa shape index (κ2) is 10.5. The van der Waals surface area contributed by atoms with Gasteiger partial charge in [0.25, 0.3) is 0 Å². The van der Waals surface area contributed by atoms with Gasteiger partial charge in [-0.3, -0.25) is 4.68 Å². The Hall–Kier alpha value is -2.64. The van der Waals surface area contributed by atoms with Gasteiger partial charge < -0.3 is 15.2 Å². The van der Waals surface area contributed by atoms with Crippen molar-refractivity contribution in [2.75, 3.05) is 19.6 Å². The van der Waals surface area contributed by atoms with Gasteiger partial charge in [-0.05, 0) is 33.3 Å². The van der Waals surface area contributed by atoms with Gasteiger partial charge in [-0.2, -0.15) is 5.10 Å². The summed E-state index contributed by atoms with van der Waals surface area (Å²) in [5, 5.41) is 19.3. The fourth-order valence-electron chi connectivity index (χ4n) is 2.76. The highest BCUT2D eigenvalue weighted by Crippen LogP contribution is 2.02. The van der Waals surface area contributed by atoms with Gasteiger partial charge in [0.05, 0.1) is 12.2 Å².